The summed E-state index contributed by atoms with van der Waals surface area (Å²) in [6, 6.07) is 4.22. The average Bonchev–Trinajstić information content (AvgIpc) is 2.76. The Kier molecular flexibility index (Phi) is 10.7. The standard InChI is InChI=1S/C22H38N4O3/c1-5-6-13-29-14-7-9-24-22(23-2)25-10-12-26-11-8-18-15-20(27-3)21(28-4)16-19(18)17-26/h15-16H,5-14,17H2,1-4H3,(H2,23,24,25). The molecule has 0 saturated heterocycles. The van der Waals surface area contributed by atoms with Gasteiger partial charge in [-0.3, -0.25) is 9.89 Å². The van der Waals surface area contributed by atoms with Crippen molar-refractivity contribution in [2.45, 2.75) is 39.2 Å². The van der Waals surface area contributed by atoms with Crippen LogP contribution in [0.4, 0.5) is 0 Å². The van der Waals surface area contributed by atoms with Gasteiger partial charge in [0.25, 0.3) is 0 Å². The minimum absolute atomic E-state index is 0.797. The SMILES string of the molecule is CCCCOCCCNC(=NC)NCCN1CCc2cc(OC)c(OC)cc2C1. The van der Waals surface area contributed by atoms with E-state index in [-0.39, 0.29) is 0 Å². The minimum Gasteiger partial charge on any atom is -0.493 e. The molecule has 0 aliphatic carbocycles. The van der Waals surface area contributed by atoms with Crippen LogP contribution in [0.25, 0.3) is 0 Å². The van der Waals surface area contributed by atoms with E-state index in [0.29, 0.717) is 0 Å². The maximum Gasteiger partial charge on any atom is 0.191 e. The third-order valence-electron chi connectivity index (χ3n) is 5.14. The highest BCUT2D eigenvalue weighted by Crippen LogP contribution is 2.33. The zero-order valence-corrected chi connectivity index (χ0v) is 18.6. The second-order valence-corrected chi connectivity index (χ2v) is 7.25. The first kappa shape index (κ1) is 23.3. The molecule has 0 fully saturated rings. The van der Waals surface area contributed by atoms with Crippen LogP contribution in [0, 0.1) is 0 Å². The van der Waals surface area contributed by atoms with Crippen LogP contribution in [-0.2, 0) is 17.7 Å². The van der Waals surface area contributed by atoms with Gasteiger partial charge in [-0.2, -0.15) is 0 Å². The fraction of sp³-hybridized carbons (Fsp3) is 0.682. The number of hydrogen-bond acceptors (Lipinski definition) is 5. The topological polar surface area (TPSA) is 67.4 Å². The Hall–Kier alpha value is -1.99. The second kappa shape index (κ2) is 13.3. The van der Waals surface area contributed by atoms with Crippen LogP contribution in [0.2, 0.25) is 0 Å². The van der Waals surface area contributed by atoms with Crippen LogP contribution in [-0.4, -0.2) is 71.5 Å². The molecule has 0 unspecified atom stereocenters. The summed E-state index contributed by atoms with van der Waals surface area (Å²) in [6.07, 6.45) is 4.33. The van der Waals surface area contributed by atoms with E-state index in [2.05, 4.69) is 39.6 Å². The van der Waals surface area contributed by atoms with Crippen molar-refractivity contribution in [3.63, 3.8) is 0 Å². The van der Waals surface area contributed by atoms with E-state index in [1.165, 1.54) is 17.5 Å². The highest BCUT2D eigenvalue weighted by molar-refractivity contribution is 5.79. The summed E-state index contributed by atoms with van der Waals surface area (Å²) in [5.74, 6) is 2.46. The molecule has 0 atom stereocenters. The molecule has 2 rings (SSSR count). The van der Waals surface area contributed by atoms with Gasteiger partial charge in [0.1, 0.15) is 0 Å². The van der Waals surface area contributed by atoms with E-state index < -0.39 is 0 Å². The van der Waals surface area contributed by atoms with E-state index in [1.54, 1.807) is 14.2 Å². The molecule has 1 aliphatic rings. The van der Waals surface area contributed by atoms with E-state index in [0.717, 1.165) is 82.7 Å². The third kappa shape index (κ3) is 7.74. The monoisotopic (exact) mass is 406 g/mol. The summed E-state index contributed by atoms with van der Waals surface area (Å²) in [4.78, 5) is 6.75. The Morgan fingerprint density at radius 2 is 1.72 bits per heavy atom. The molecule has 164 valence electrons. The summed E-state index contributed by atoms with van der Waals surface area (Å²) in [5.41, 5.74) is 2.67. The number of fused-ring (bicyclic) bond motifs is 1. The van der Waals surface area contributed by atoms with E-state index in [9.17, 15) is 0 Å². The largest absolute Gasteiger partial charge is 0.493 e. The van der Waals surface area contributed by atoms with Gasteiger partial charge in [-0.15, -0.1) is 0 Å². The van der Waals surface area contributed by atoms with Crippen molar-refractivity contribution in [1.29, 1.82) is 0 Å². The van der Waals surface area contributed by atoms with Gasteiger partial charge in [0.05, 0.1) is 14.2 Å². The maximum atomic E-state index is 5.59. The maximum absolute atomic E-state index is 5.59. The first-order valence-electron chi connectivity index (χ1n) is 10.7. The number of hydrogen-bond donors (Lipinski definition) is 2. The number of nitrogens with zero attached hydrogens (tertiary/aromatic N) is 2. The lowest BCUT2D eigenvalue weighted by atomic mass is 9.99. The molecule has 0 amide bonds. The van der Waals surface area contributed by atoms with Crippen molar-refractivity contribution in [3.05, 3.63) is 23.3 Å². The predicted octanol–water partition coefficient (Wildman–Crippen LogP) is 2.43. The molecule has 1 aromatic carbocycles. The van der Waals surface area contributed by atoms with Crippen LogP contribution in [0.3, 0.4) is 0 Å². The summed E-state index contributed by atoms with van der Waals surface area (Å²) < 4.78 is 16.5. The first-order chi connectivity index (χ1) is 14.2. The number of nitrogens with one attached hydrogen (secondary N) is 2. The number of methoxy groups -OCH3 is 2. The summed E-state index contributed by atoms with van der Waals surface area (Å²) >= 11 is 0. The molecule has 7 heteroatoms. The molecule has 7 nitrogen and oxygen atoms in total. The van der Waals surface area contributed by atoms with E-state index in [1.807, 2.05) is 7.05 Å². The number of benzene rings is 1. The lowest BCUT2D eigenvalue weighted by molar-refractivity contribution is 0.129. The average molecular weight is 407 g/mol. The van der Waals surface area contributed by atoms with Gasteiger partial charge in [-0.1, -0.05) is 13.3 Å². The lowest BCUT2D eigenvalue weighted by Gasteiger charge is -2.29. The third-order valence-corrected chi connectivity index (χ3v) is 5.14. The highest BCUT2D eigenvalue weighted by atomic mass is 16.5. The Morgan fingerprint density at radius 3 is 2.41 bits per heavy atom. The van der Waals surface area contributed by atoms with Crippen molar-refractivity contribution in [2.24, 2.45) is 4.99 Å². The Balaban J connectivity index is 1.68. The smallest absolute Gasteiger partial charge is 0.191 e. The molecule has 2 N–H and O–H groups in total. The quantitative estimate of drug-likeness (QED) is 0.316. The van der Waals surface area contributed by atoms with Crippen molar-refractivity contribution in [3.8, 4) is 11.5 Å². The molecule has 0 saturated carbocycles. The second-order valence-electron chi connectivity index (χ2n) is 7.25. The van der Waals surface area contributed by atoms with Crippen LogP contribution in [0.5, 0.6) is 11.5 Å². The summed E-state index contributed by atoms with van der Waals surface area (Å²) in [7, 11) is 5.18. The Bertz CT molecular complexity index is 637. The molecule has 1 aromatic rings. The van der Waals surface area contributed by atoms with Crippen LogP contribution >= 0.6 is 0 Å². The fourth-order valence-corrected chi connectivity index (χ4v) is 3.41. The number of rotatable bonds is 12. The molecule has 29 heavy (non-hydrogen) atoms. The molecule has 0 radical (unpaired) electrons. The van der Waals surface area contributed by atoms with Crippen LogP contribution in [0.1, 0.15) is 37.3 Å². The molecular weight excluding hydrogens is 368 g/mol. The van der Waals surface area contributed by atoms with Gasteiger partial charge < -0.3 is 24.8 Å². The number of ether oxygens (including phenoxy) is 3. The molecule has 0 spiro atoms. The fourth-order valence-electron chi connectivity index (χ4n) is 3.41. The number of aliphatic imine (C=N–C) groups is 1. The van der Waals surface area contributed by atoms with Gasteiger partial charge in [0.2, 0.25) is 0 Å². The van der Waals surface area contributed by atoms with Gasteiger partial charge in [-0.05, 0) is 42.5 Å². The number of unbranched alkanes of at least 4 members (excludes halogenated alkanes) is 1. The zero-order chi connectivity index (χ0) is 20.9. The van der Waals surface area contributed by atoms with Crippen molar-refractivity contribution >= 4 is 5.96 Å². The minimum atomic E-state index is 0.797. The van der Waals surface area contributed by atoms with Crippen LogP contribution in [0.15, 0.2) is 17.1 Å². The molecule has 0 aromatic heterocycles. The van der Waals surface area contributed by atoms with E-state index in [4.69, 9.17) is 14.2 Å². The van der Waals surface area contributed by atoms with Gasteiger partial charge in [0.15, 0.2) is 17.5 Å². The zero-order valence-electron chi connectivity index (χ0n) is 18.6. The van der Waals surface area contributed by atoms with E-state index >= 15 is 0 Å². The molecule has 1 aliphatic heterocycles. The van der Waals surface area contributed by atoms with Gasteiger partial charge in [0, 0.05) is 53.0 Å². The van der Waals surface area contributed by atoms with Crippen molar-refractivity contribution in [2.75, 3.05) is 60.7 Å². The predicted molar refractivity (Wildman–Crippen MR) is 118 cm³/mol. The highest BCUT2D eigenvalue weighted by Gasteiger charge is 2.19. The van der Waals surface area contributed by atoms with Crippen molar-refractivity contribution in [1.82, 2.24) is 15.5 Å². The van der Waals surface area contributed by atoms with Crippen LogP contribution < -0.4 is 20.1 Å². The summed E-state index contributed by atoms with van der Waals surface area (Å²) in [5, 5.41) is 6.76. The molecular formula is C22H38N4O3. The Labute approximate surface area is 175 Å². The van der Waals surface area contributed by atoms with Crippen molar-refractivity contribution < 1.29 is 14.2 Å². The lowest BCUT2D eigenvalue weighted by Crippen LogP contribution is -2.43. The Morgan fingerprint density at radius 1 is 1.03 bits per heavy atom. The molecule has 1 heterocycles. The number of guanidine groups is 1. The molecule has 0 bridgehead atoms. The summed E-state index contributed by atoms with van der Waals surface area (Å²) in [6.45, 7) is 8.50. The first-order valence-corrected chi connectivity index (χ1v) is 10.7. The van der Waals surface area contributed by atoms with Gasteiger partial charge >= 0.3 is 0 Å². The van der Waals surface area contributed by atoms with Gasteiger partial charge in [-0.25, -0.2) is 0 Å². The normalized spacial score (nSPS) is 14.4.